The second-order valence-corrected chi connectivity index (χ2v) is 5.49. The summed E-state index contributed by atoms with van der Waals surface area (Å²) in [5, 5.41) is 3.43. The van der Waals surface area contributed by atoms with Crippen LogP contribution in [-0.4, -0.2) is 44.1 Å². The number of allylic oxidation sites excluding steroid dienone is 1. The van der Waals surface area contributed by atoms with E-state index in [2.05, 4.69) is 58.6 Å². The lowest BCUT2D eigenvalue weighted by atomic mass is 10.0. The van der Waals surface area contributed by atoms with Crippen molar-refractivity contribution in [3.8, 4) is 0 Å². The molecule has 2 rings (SSSR count). The van der Waals surface area contributed by atoms with Crippen molar-refractivity contribution in [1.29, 1.82) is 0 Å². The van der Waals surface area contributed by atoms with Crippen LogP contribution in [0.3, 0.4) is 0 Å². The number of rotatable bonds is 4. The highest BCUT2D eigenvalue weighted by molar-refractivity contribution is 14.0. The number of hydrogen-bond acceptors (Lipinski definition) is 2. The van der Waals surface area contributed by atoms with E-state index in [4.69, 9.17) is 4.74 Å². The van der Waals surface area contributed by atoms with E-state index in [9.17, 15) is 0 Å². The van der Waals surface area contributed by atoms with E-state index in [1.54, 1.807) is 0 Å². The smallest absolute Gasteiger partial charge is 0.193 e. The molecule has 1 aromatic rings. The van der Waals surface area contributed by atoms with Gasteiger partial charge >= 0.3 is 0 Å². The van der Waals surface area contributed by atoms with E-state index >= 15 is 0 Å². The van der Waals surface area contributed by atoms with Crippen LogP contribution in [0.1, 0.15) is 30.6 Å². The van der Waals surface area contributed by atoms with Crippen LogP contribution in [0.15, 0.2) is 41.4 Å². The molecule has 1 N–H and O–H groups in total. The molecule has 1 aromatic carbocycles. The number of ether oxygens (including phenoxy) is 1. The van der Waals surface area contributed by atoms with Crippen LogP contribution in [-0.2, 0) is 4.74 Å². The van der Waals surface area contributed by atoms with Crippen LogP contribution >= 0.6 is 24.0 Å². The van der Waals surface area contributed by atoms with Crippen molar-refractivity contribution < 1.29 is 4.74 Å². The van der Waals surface area contributed by atoms with E-state index in [0.29, 0.717) is 0 Å². The van der Waals surface area contributed by atoms with E-state index in [-0.39, 0.29) is 30.1 Å². The first kappa shape index (κ1) is 20.0. The van der Waals surface area contributed by atoms with Gasteiger partial charge in [-0.05, 0) is 31.4 Å². The van der Waals surface area contributed by atoms with Gasteiger partial charge in [0, 0.05) is 20.1 Å². The monoisotopic (exact) mass is 429 g/mol. The summed E-state index contributed by atoms with van der Waals surface area (Å²) in [5.41, 5.74) is 2.56. The number of aliphatic imine (C=N–C) groups is 1. The average molecular weight is 429 g/mol. The summed E-state index contributed by atoms with van der Waals surface area (Å²) in [6.45, 7) is 7.54. The lowest BCUT2D eigenvalue weighted by Crippen LogP contribution is -2.48. The molecule has 128 valence electrons. The fourth-order valence-corrected chi connectivity index (χ4v) is 2.74. The molecule has 5 heteroatoms. The van der Waals surface area contributed by atoms with Crippen LogP contribution in [0.2, 0.25) is 0 Å². The van der Waals surface area contributed by atoms with Crippen molar-refractivity contribution in [2.45, 2.75) is 26.4 Å². The molecule has 1 aliphatic heterocycles. The Hall–Kier alpha value is -1.08. The number of nitrogens with zero attached hydrogens (tertiary/aromatic N) is 2. The van der Waals surface area contributed by atoms with Crippen molar-refractivity contribution >= 4 is 29.9 Å². The van der Waals surface area contributed by atoms with E-state index in [0.717, 1.165) is 38.6 Å². The number of morpholine rings is 1. The zero-order valence-corrected chi connectivity index (χ0v) is 16.6. The standard InChI is InChI=1S/C18H27N3O.HI/c1-4-5-8-11-20-18(19-3)21-12-13-22-17(14-21)16-10-7-6-9-15(16)2;/h4-7,9-10,17H,8,11-14H2,1-3H3,(H,19,20);1H/b5-4+;. The Bertz CT molecular complexity index is 531. The molecule has 1 atom stereocenters. The first-order valence-corrected chi connectivity index (χ1v) is 8.00. The number of nitrogens with one attached hydrogen (secondary N) is 1. The van der Waals surface area contributed by atoms with Gasteiger partial charge in [-0.25, -0.2) is 0 Å². The molecule has 0 aliphatic carbocycles. The minimum absolute atomic E-state index is 0. The fourth-order valence-electron chi connectivity index (χ4n) is 2.74. The van der Waals surface area contributed by atoms with Crippen LogP contribution in [0.25, 0.3) is 0 Å². The molecule has 0 amide bonds. The minimum atomic E-state index is 0. The van der Waals surface area contributed by atoms with Crippen LogP contribution in [0, 0.1) is 6.92 Å². The number of halogens is 1. The molecular formula is C18H28IN3O. The first-order valence-electron chi connectivity index (χ1n) is 8.00. The number of benzene rings is 1. The molecule has 1 fully saturated rings. The normalized spacial score (nSPS) is 18.8. The summed E-state index contributed by atoms with van der Waals surface area (Å²) >= 11 is 0. The molecule has 0 radical (unpaired) electrons. The van der Waals surface area contributed by atoms with Crippen molar-refractivity contribution in [2.75, 3.05) is 33.3 Å². The van der Waals surface area contributed by atoms with Crippen molar-refractivity contribution in [1.82, 2.24) is 10.2 Å². The molecule has 0 saturated carbocycles. The zero-order valence-electron chi connectivity index (χ0n) is 14.3. The topological polar surface area (TPSA) is 36.9 Å². The van der Waals surface area contributed by atoms with Gasteiger partial charge in [0.2, 0.25) is 0 Å². The molecule has 1 unspecified atom stereocenters. The van der Waals surface area contributed by atoms with Crippen LogP contribution < -0.4 is 5.32 Å². The number of aryl methyl sites for hydroxylation is 1. The van der Waals surface area contributed by atoms with Crippen molar-refractivity contribution in [3.63, 3.8) is 0 Å². The molecule has 23 heavy (non-hydrogen) atoms. The maximum Gasteiger partial charge on any atom is 0.193 e. The molecule has 0 spiro atoms. The molecular weight excluding hydrogens is 401 g/mol. The third-order valence-electron chi connectivity index (χ3n) is 3.94. The lowest BCUT2D eigenvalue weighted by Gasteiger charge is -2.35. The maximum absolute atomic E-state index is 5.98. The Balaban J connectivity index is 0.00000264. The van der Waals surface area contributed by atoms with Gasteiger partial charge in [-0.2, -0.15) is 0 Å². The van der Waals surface area contributed by atoms with Gasteiger partial charge in [0.05, 0.1) is 13.2 Å². The van der Waals surface area contributed by atoms with Gasteiger partial charge in [0.25, 0.3) is 0 Å². The summed E-state index contributed by atoms with van der Waals surface area (Å²) < 4.78 is 5.98. The zero-order chi connectivity index (χ0) is 15.8. The van der Waals surface area contributed by atoms with E-state index < -0.39 is 0 Å². The Kier molecular flexibility index (Phi) is 9.24. The summed E-state index contributed by atoms with van der Waals surface area (Å²) in [5.74, 6) is 0.964. The van der Waals surface area contributed by atoms with Gasteiger partial charge in [-0.1, -0.05) is 36.4 Å². The highest BCUT2D eigenvalue weighted by Gasteiger charge is 2.24. The van der Waals surface area contributed by atoms with Gasteiger partial charge in [0.1, 0.15) is 6.10 Å². The van der Waals surface area contributed by atoms with Crippen molar-refractivity contribution in [3.05, 3.63) is 47.5 Å². The predicted octanol–water partition coefficient (Wildman–Crippen LogP) is 3.53. The number of hydrogen-bond donors (Lipinski definition) is 1. The SMILES string of the molecule is C/C=C/CCNC(=NC)N1CCOC(c2ccccc2C)C1.I. The third-order valence-corrected chi connectivity index (χ3v) is 3.94. The Morgan fingerprint density at radius 2 is 2.22 bits per heavy atom. The van der Waals surface area contributed by atoms with Crippen LogP contribution in [0.5, 0.6) is 0 Å². The highest BCUT2D eigenvalue weighted by atomic mass is 127. The fraction of sp³-hybridized carbons (Fsp3) is 0.500. The van der Waals surface area contributed by atoms with Gasteiger partial charge in [0.15, 0.2) is 5.96 Å². The third kappa shape index (κ3) is 5.80. The summed E-state index contributed by atoms with van der Waals surface area (Å²) in [7, 11) is 1.84. The Labute approximate surface area is 157 Å². The van der Waals surface area contributed by atoms with E-state index in [1.165, 1.54) is 11.1 Å². The molecule has 1 saturated heterocycles. The molecule has 0 bridgehead atoms. The summed E-state index contributed by atoms with van der Waals surface area (Å²) in [6.07, 6.45) is 5.37. The molecule has 1 aliphatic rings. The lowest BCUT2D eigenvalue weighted by molar-refractivity contribution is -0.00829. The van der Waals surface area contributed by atoms with Gasteiger partial charge < -0.3 is 15.0 Å². The van der Waals surface area contributed by atoms with Gasteiger partial charge in [-0.3, -0.25) is 4.99 Å². The minimum Gasteiger partial charge on any atom is -0.370 e. The number of guanidine groups is 1. The molecule has 0 aromatic heterocycles. The van der Waals surface area contributed by atoms with Crippen molar-refractivity contribution in [2.24, 2.45) is 4.99 Å². The van der Waals surface area contributed by atoms with Gasteiger partial charge in [-0.15, -0.1) is 24.0 Å². The summed E-state index contributed by atoms with van der Waals surface area (Å²) in [4.78, 5) is 6.70. The largest absolute Gasteiger partial charge is 0.370 e. The quantitative estimate of drug-likeness (QED) is 0.262. The maximum atomic E-state index is 5.98. The second-order valence-electron chi connectivity index (χ2n) is 5.49. The van der Waals surface area contributed by atoms with Crippen LogP contribution in [0.4, 0.5) is 0 Å². The predicted molar refractivity (Wildman–Crippen MR) is 108 cm³/mol. The summed E-state index contributed by atoms with van der Waals surface area (Å²) in [6, 6.07) is 8.45. The molecule has 4 nitrogen and oxygen atoms in total. The first-order chi connectivity index (χ1) is 10.8. The van der Waals surface area contributed by atoms with E-state index in [1.807, 2.05) is 14.0 Å². The Morgan fingerprint density at radius 3 is 2.91 bits per heavy atom. The highest BCUT2D eigenvalue weighted by Crippen LogP contribution is 2.24. The molecule has 1 heterocycles. The average Bonchev–Trinajstić information content (AvgIpc) is 2.55. The Morgan fingerprint density at radius 1 is 1.43 bits per heavy atom. The second kappa shape index (κ2) is 10.6.